The molecule has 0 radical (unpaired) electrons. The monoisotopic (exact) mass is 764 g/mol. The average Bonchev–Trinajstić information content (AvgIpc) is 3.34. The van der Waals surface area contributed by atoms with Gasteiger partial charge in [0.2, 0.25) is 23.6 Å². The van der Waals surface area contributed by atoms with Gasteiger partial charge >= 0.3 is 10.2 Å². The van der Waals surface area contributed by atoms with Crippen LogP contribution in [-0.4, -0.2) is 94.3 Å². The standard InChI is InChI=1S/C37H41FN6O9S/c1-42-29-16-23(3-2-22(29)5-7-27(37(42)50)26-8-9-31(46)40-36(26)49)21-10-13-43(14-11-21)19-32(47)39-12-15-53-25-6-4-24-17-30(45)35(34(38)28(24)18-25)44-20-33(48)41-54(44,51)52/h2-4,6,16-18,21,26-27,45H,5,7-15,19-20H2,1H3,(H,39,47)(H,41,48)(H,40,46,49)/t26-,27?/m1/s1. The second-order valence-electron chi connectivity index (χ2n) is 14.2. The first-order valence-corrected chi connectivity index (χ1v) is 19.4. The zero-order chi connectivity index (χ0) is 38.3. The Balaban J connectivity index is 0.886. The molecule has 0 aliphatic carbocycles. The van der Waals surface area contributed by atoms with Crippen LogP contribution in [0.25, 0.3) is 10.8 Å². The molecule has 4 N–H and O–H groups in total. The second-order valence-corrected chi connectivity index (χ2v) is 15.8. The normalized spacial score (nSPS) is 22.1. The van der Waals surface area contributed by atoms with Crippen LogP contribution in [0.2, 0.25) is 0 Å². The molecule has 286 valence electrons. The molecule has 0 spiro atoms. The average molecular weight is 765 g/mol. The van der Waals surface area contributed by atoms with Crippen LogP contribution in [0.5, 0.6) is 11.5 Å². The number of carbonyl (C=O) groups is 5. The molecule has 1 unspecified atom stereocenters. The van der Waals surface area contributed by atoms with E-state index in [1.807, 2.05) is 0 Å². The molecule has 3 saturated heterocycles. The van der Waals surface area contributed by atoms with E-state index in [1.54, 1.807) is 22.7 Å². The lowest BCUT2D eigenvalue weighted by molar-refractivity contribution is -0.141. The van der Waals surface area contributed by atoms with Crippen LogP contribution in [0, 0.1) is 17.7 Å². The van der Waals surface area contributed by atoms with Crippen molar-refractivity contribution in [3.63, 3.8) is 0 Å². The van der Waals surface area contributed by atoms with Gasteiger partial charge in [-0.25, -0.2) is 13.4 Å². The summed E-state index contributed by atoms with van der Waals surface area (Å²) >= 11 is 0. The molecule has 2 atom stereocenters. The summed E-state index contributed by atoms with van der Waals surface area (Å²) in [6.45, 7) is 1.22. The van der Waals surface area contributed by atoms with Crippen LogP contribution in [0.1, 0.15) is 49.1 Å². The third-order valence-electron chi connectivity index (χ3n) is 10.8. The highest BCUT2D eigenvalue weighted by atomic mass is 32.2. The van der Waals surface area contributed by atoms with E-state index in [1.165, 1.54) is 18.2 Å². The summed E-state index contributed by atoms with van der Waals surface area (Å²) in [4.78, 5) is 65.9. The molecular formula is C37H41FN6O9S. The van der Waals surface area contributed by atoms with E-state index in [-0.39, 0.29) is 66.8 Å². The lowest BCUT2D eigenvalue weighted by Gasteiger charge is -2.32. The Kier molecular flexibility index (Phi) is 10.2. The number of benzene rings is 3. The molecular weight excluding hydrogens is 724 g/mol. The predicted molar refractivity (Wildman–Crippen MR) is 194 cm³/mol. The van der Waals surface area contributed by atoms with Gasteiger partial charge in [-0.15, -0.1) is 0 Å². The number of hydrogen-bond acceptors (Lipinski definition) is 10. The molecule has 4 aliphatic rings. The largest absolute Gasteiger partial charge is 0.506 e. The zero-order valence-electron chi connectivity index (χ0n) is 29.6. The molecule has 15 nitrogen and oxygen atoms in total. The number of anilines is 2. The summed E-state index contributed by atoms with van der Waals surface area (Å²) in [5.74, 6) is -3.94. The first-order chi connectivity index (χ1) is 25.8. The fraction of sp³-hybridized carbons (Fsp3) is 0.432. The number of carbonyl (C=O) groups excluding carboxylic acids is 5. The quantitative estimate of drug-likeness (QED) is 0.185. The lowest BCUT2D eigenvalue weighted by Crippen LogP contribution is -2.47. The summed E-state index contributed by atoms with van der Waals surface area (Å²) in [6.07, 6.45) is 3.49. The van der Waals surface area contributed by atoms with E-state index < -0.39 is 51.8 Å². The second kappa shape index (κ2) is 14.9. The van der Waals surface area contributed by atoms with Crippen LogP contribution in [0.4, 0.5) is 15.8 Å². The van der Waals surface area contributed by atoms with Gasteiger partial charge < -0.3 is 20.1 Å². The number of hydrogen-bond donors (Lipinski definition) is 4. The maximum absolute atomic E-state index is 15.5. The minimum absolute atomic E-state index is 0.0212. The summed E-state index contributed by atoms with van der Waals surface area (Å²) in [5, 5.41) is 15.9. The van der Waals surface area contributed by atoms with E-state index in [9.17, 15) is 37.5 Å². The highest BCUT2D eigenvalue weighted by Crippen LogP contribution is 2.40. The number of likely N-dealkylation sites (tertiary alicyclic amines) is 1. The van der Waals surface area contributed by atoms with E-state index in [2.05, 4.69) is 33.7 Å². The van der Waals surface area contributed by atoms with Crippen molar-refractivity contribution in [2.45, 2.75) is 44.4 Å². The van der Waals surface area contributed by atoms with Gasteiger partial charge in [0.25, 0.3) is 5.91 Å². The lowest BCUT2D eigenvalue weighted by atomic mass is 9.81. The minimum Gasteiger partial charge on any atom is -0.506 e. The SMILES string of the molecule is CN1C(=O)C([C@H]2CCC(=O)NC2=O)CCc2ccc(C3CCN(CC(=O)NCCOc4ccc5cc(O)c(N6CC(=O)NS6(=O)=O)c(F)c5c4)CC3)cc21. The first kappa shape index (κ1) is 37.0. The third-order valence-corrected chi connectivity index (χ3v) is 12.2. The molecule has 0 saturated carbocycles. The number of imide groups is 1. The highest BCUT2D eigenvalue weighted by molar-refractivity contribution is 7.92. The molecule has 17 heteroatoms. The van der Waals surface area contributed by atoms with Gasteiger partial charge in [-0.2, -0.15) is 8.42 Å². The Morgan fingerprint density at radius 2 is 1.74 bits per heavy atom. The van der Waals surface area contributed by atoms with Gasteiger partial charge in [0.15, 0.2) is 5.82 Å². The minimum atomic E-state index is -4.35. The summed E-state index contributed by atoms with van der Waals surface area (Å²) in [5.41, 5.74) is 2.39. The summed E-state index contributed by atoms with van der Waals surface area (Å²) < 4.78 is 48.0. The Morgan fingerprint density at radius 3 is 2.46 bits per heavy atom. The van der Waals surface area contributed by atoms with Gasteiger partial charge in [0, 0.05) is 24.5 Å². The third kappa shape index (κ3) is 7.42. The Labute approximate surface area is 311 Å². The molecule has 54 heavy (non-hydrogen) atoms. The molecule has 4 heterocycles. The van der Waals surface area contributed by atoms with E-state index in [0.717, 1.165) is 29.7 Å². The number of halogens is 1. The number of amides is 5. The molecule has 5 amide bonds. The molecule has 3 aromatic carbocycles. The maximum atomic E-state index is 15.5. The summed E-state index contributed by atoms with van der Waals surface area (Å²) in [6, 6.07) is 11.9. The van der Waals surface area contributed by atoms with Crippen LogP contribution in [0.15, 0.2) is 42.5 Å². The fourth-order valence-corrected chi connectivity index (χ4v) is 9.11. The topological polar surface area (TPSA) is 195 Å². The van der Waals surface area contributed by atoms with E-state index >= 15 is 4.39 Å². The molecule has 0 bridgehead atoms. The number of fused-ring (bicyclic) bond motifs is 2. The fourth-order valence-electron chi connectivity index (χ4n) is 7.95. The van der Waals surface area contributed by atoms with Crippen LogP contribution >= 0.6 is 0 Å². The number of piperidine rings is 2. The number of nitrogens with one attached hydrogen (secondary N) is 3. The van der Waals surface area contributed by atoms with Crippen LogP contribution in [-0.2, 0) is 40.6 Å². The zero-order valence-corrected chi connectivity index (χ0v) is 30.4. The van der Waals surface area contributed by atoms with Gasteiger partial charge in [0.1, 0.15) is 30.3 Å². The van der Waals surface area contributed by atoms with Crippen molar-refractivity contribution in [2.75, 3.05) is 55.6 Å². The molecule has 3 fully saturated rings. The number of phenolic OH excluding ortho intramolecular Hbond substituents is 1. The Morgan fingerprint density at radius 1 is 0.981 bits per heavy atom. The predicted octanol–water partition coefficient (Wildman–Crippen LogP) is 1.82. The van der Waals surface area contributed by atoms with Crippen molar-refractivity contribution in [1.29, 1.82) is 0 Å². The molecule has 4 aliphatic heterocycles. The van der Waals surface area contributed by atoms with Crippen molar-refractivity contribution in [2.24, 2.45) is 11.8 Å². The van der Waals surface area contributed by atoms with Crippen molar-refractivity contribution in [3.8, 4) is 11.5 Å². The van der Waals surface area contributed by atoms with Gasteiger partial charge in [-0.1, -0.05) is 18.2 Å². The van der Waals surface area contributed by atoms with Gasteiger partial charge in [-0.05, 0) is 91.9 Å². The van der Waals surface area contributed by atoms with E-state index in [4.69, 9.17) is 4.74 Å². The number of aromatic hydroxyl groups is 1. The molecule has 0 aromatic heterocycles. The number of nitrogens with zero attached hydrogens (tertiary/aromatic N) is 3. The van der Waals surface area contributed by atoms with Gasteiger partial charge in [-0.3, -0.25) is 34.2 Å². The smallest absolute Gasteiger partial charge is 0.326 e. The van der Waals surface area contributed by atoms with Gasteiger partial charge in [0.05, 0.1) is 24.9 Å². The highest BCUT2D eigenvalue weighted by Gasteiger charge is 2.41. The van der Waals surface area contributed by atoms with Crippen molar-refractivity contribution >= 4 is 61.9 Å². The van der Waals surface area contributed by atoms with Crippen molar-refractivity contribution < 1.29 is 46.6 Å². The molecule has 3 aromatic rings. The molecule has 7 rings (SSSR count). The van der Waals surface area contributed by atoms with Crippen LogP contribution < -0.4 is 29.3 Å². The van der Waals surface area contributed by atoms with E-state index in [0.29, 0.717) is 42.0 Å². The number of ether oxygens (including phenoxy) is 1. The Hall–Kier alpha value is -5.29. The number of rotatable bonds is 9. The van der Waals surface area contributed by atoms with Crippen LogP contribution in [0.3, 0.4) is 0 Å². The number of aryl methyl sites for hydroxylation is 1. The van der Waals surface area contributed by atoms with Crippen molar-refractivity contribution in [1.82, 2.24) is 20.3 Å². The van der Waals surface area contributed by atoms with Crippen molar-refractivity contribution in [3.05, 3.63) is 59.4 Å². The maximum Gasteiger partial charge on any atom is 0.326 e. The summed E-state index contributed by atoms with van der Waals surface area (Å²) in [7, 11) is -2.60. The number of phenols is 1. The Bertz CT molecular complexity index is 2160. The first-order valence-electron chi connectivity index (χ1n) is 17.9.